The van der Waals surface area contributed by atoms with Gasteiger partial charge in [-0.25, -0.2) is 9.50 Å². The highest BCUT2D eigenvalue weighted by Gasteiger charge is 2.09. The van der Waals surface area contributed by atoms with Gasteiger partial charge in [0.05, 0.1) is 25.1 Å². The standard InChI is InChI=1S/C14H15N3O2S/c1-3-19-11-6-4-10(5-7-11)12-8-17-14(15-12)20-13(16-17)9-18-2/h4-8H,3,9H2,1-2H3. The number of nitrogens with zero attached hydrogens (tertiary/aromatic N) is 3. The maximum Gasteiger partial charge on any atom is 0.212 e. The summed E-state index contributed by atoms with van der Waals surface area (Å²) >= 11 is 1.54. The lowest BCUT2D eigenvalue weighted by Crippen LogP contribution is -1.90. The van der Waals surface area contributed by atoms with Crippen LogP contribution in [0.3, 0.4) is 0 Å². The van der Waals surface area contributed by atoms with Gasteiger partial charge >= 0.3 is 0 Å². The molecule has 0 aliphatic carbocycles. The maximum absolute atomic E-state index is 5.43. The van der Waals surface area contributed by atoms with Crippen molar-refractivity contribution in [3.05, 3.63) is 35.5 Å². The number of hydrogen-bond acceptors (Lipinski definition) is 5. The summed E-state index contributed by atoms with van der Waals surface area (Å²) in [6.45, 7) is 3.17. The molecular weight excluding hydrogens is 274 g/mol. The monoisotopic (exact) mass is 289 g/mol. The van der Waals surface area contributed by atoms with E-state index in [1.807, 2.05) is 37.4 Å². The van der Waals surface area contributed by atoms with Crippen LogP contribution in [0.4, 0.5) is 0 Å². The normalized spacial score (nSPS) is 11.1. The van der Waals surface area contributed by atoms with Crippen molar-refractivity contribution in [1.82, 2.24) is 14.6 Å². The second-order valence-corrected chi connectivity index (χ2v) is 5.28. The van der Waals surface area contributed by atoms with E-state index in [9.17, 15) is 0 Å². The minimum atomic E-state index is 0.520. The molecule has 5 nitrogen and oxygen atoms in total. The van der Waals surface area contributed by atoms with Crippen LogP contribution in [-0.4, -0.2) is 28.3 Å². The smallest absolute Gasteiger partial charge is 0.212 e. The molecule has 0 radical (unpaired) electrons. The Balaban J connectivity index is 1.87. The van der Waals surface area contributed by atoms with E-state index in [1.165, 1.54) is 11.3 Å². The van der Waals surface area contributed by atoms with E-state index < -0.39 is 0 Å². The van der Waals surface area contributed by atoms with E-state index in [-0.39, 0.29) is 0 Å². The molecule has 3 rings (SSSR count). The van der Waals surface area contributed by atoms with Gasteiger partial charge in [0.2, 0.25) is 4.96 Å². The summed E-state index contributed by atoms with van der Waals surface area (Å²) in [7, 11) is 1.66. The van der Waals surface area contributed by atoms with Crippen LogP contribution in [0, 0.1) is 0 Å². The zero-order valence-electron chi connectivity index (χ0n) is 11.4. The molecule has 1 aromatic carbocycles. The highest BCUT2D eigenvalue weighted by molar-refractivity contribution is 7.16. The van der Waals surface area contributed by atoms with Gasteiger partial charge in [-0.3, -0.25) is 0 Å². The summed E-state index contributed by atoms with van der Waals surface area (Å²) in [5, 5.41) is 5.34. The summed E-state index contributed by atoms with van der Waals surface area (Å²) in [4.78, 5) is 5.46. The lowest BCUT2D eigenvalue weighted by molar-refractivity contribution is 0.183. The predicted octanol–water partition coefficient (Wildman–Crippen LogP) is 3.00. The Morgan fingerprint density at radius 2 is 2.05 bits per heavy atom. The van der Waals surface area contributed by atoms with Crippen molar-refractivity contribution in [2.75, 3.05) is 13.7 Å². The average molecular weight is 289 g/mol. The first-order valence-corrected chi connectivity index (χ1v) is 7.19. The molecule has 6 heteroatoms. The first-order valence-electron chi connectivity index (χ1n) is 6.37. The van der Waals surface area contributed by atoms with Gasteiger partial charge in [-0.05, 0) is 31.2 Å². The first-order chi connectivity index (χ1) is 9.80. The zero-order valence-corrected chi connectivity index (χ0v) is 12.2. The fourth-order valence-electron chi connectivity index (χ4n) is 1.95. The summed E-state index contributed by atoms with van der Waals surface area (Å²) in [5.41, 5.74) is 1.97. The number of ether oxygens (including phenoxy) is 2. The molecule has 0 aliphatic heterocycles. The van der Waals surface area contributed by atoms with Gasteiger partial charge in [0, 0.05) is 12.7 Å². The van der Waals surface area contributed by atoms with Crippen LogP contribution in [-0.2, 0) is 11.3 Å². The average Bonchev–Trinajstić information content (AvgIpc) is 2.98. The molecule has 2 aromatic heterocycles. The molecule has 20 heavy (non-hydrogen) atoms. The number of benzene rings is 1. The Morgan fingerprint density at radius 1 is 1.25 bits per heavy atom. The SMILES string of the molecule is CCOc1ccc(-c2cn3nc(COC)sc3n2)cc1. The third kappa shape index (κ3) is 2.52. The lowest BCUT2D eigenvalue weighted by Gasteiger charge is -2.02. The van der Waals surface area contributed by atoms with Crippen molar-refractivity contribution in [3.8, 4) is 17.0 Å². The third-order valence-corrected chi connectivity index (χ3v) is 3.71. The zero-order chi connectivity index (χ0) is 13.9. The molecule has 2 heterocycles. The Kier molecular flexibility index (Phi) is 3.66. The fourth-order valence-corrected chi connectivity index (χ4v) is 2.80. The molecule has 0 aliphatic rings. The summed E-state index contributed by atoms with van der Waals surface area (Å²) in [5.74, 6) is 0.873. The fraction of sp³-hybridized carbons (Fsp3) is 0.286. The molecule has 0 amide bonds. The maximum atomic E-state index is 5.43. The molecule has 0 saturated carbocycles. The minimum absolute atomic E-state index is 0.520. The van der Waals surface area contributed by atoms with Crippen LogP contribution < -0.4 is 4.74 Å². The molecule has 0 spiro atoms. The van der Waals surface area contributed by atoms with Crippen LogP contribution in [0.5, 0.6) is 5.75 Å². The van der Waals surface area contributed by atoms with Crippen LogP contribution in [0.1, 0.15) is 11.9 Å². The van der Waals surface area contributed by atoms with Crippen molar-refractivity contribution in [1.29, 1.82) is 0 Å². The van der Waals surface area contributed by atoms with Gasteiger partial charge in [-0.15, -0.1) is 0 Å². The van der Waals surface area contributed by atoms with Gasteiger partial charge < -0.3 is 9.47 Å². The van der Waals surface area contributed by atoms with E-state index in [0.717, 1.165) is 27.0 Å². The molecular formula is C14H15N3O2S. The molecule has 3 aromatic rings. The highest BCUT2D eigenvalue weighted by Crippen LogP contribution is 2.24. The summed E-state index contributed by atoms with van der Waals surface area (Å²) in [6, 6.07) is 7.92. The number of hydrogen-bond donors (Lipinski definition) is 0. The Bertz CT molecular complexity index is 671. The van der Waals surface area contributed by atoms with Crippen LogP contribution in [0.15, 0.2) is 30.5 Å². The predicted molar refractivity (Wildman–Crippen MR) is 78.2 cm³/mol. The molecule has 0 unspecified atom stereocenters. The van der Waals surface area contributed by atoms with E-state index in [4.69, 9.17) is 9.47 Å². The lowest BCUT2D eigenvalue weighted by atomic mass is 10.2. The second kappa shape index (κ2) is 5.60. The molecule has 0 fully saturated rings. The number of imidazole rings is 1. The number of methoxy groups -OCH3 is 1. The van der Waals surface area contributed by atoms with E-state index in [1.54, 1.807) is 11.6 Å². The van der Waals surface area contributed by atoms with Gasteiger partial charge in [0.25, 0.3) is 0 Å². The quantitative estimate of drug-likeness (QED) is 0.724. The van der Waals surface area contributed by atoms with Crippen LogP contribution >= 0.6 is 11.3 Å². The van der Waals surface area contributed by atoms with Gasteiger partial charge in [0.15, 0.2) is 0 Å². The van der Waals surface area contributed by atoms with Crippen molar-refractivity contribution in [3.63, 3.8) is 0 Å². The number of aromatic nitrogens is 3. The Morgan fingerprint density at radius 3 is 2.70 bits per heavy atom. The van der Waals surface area contributed by atoms with Crippen LogP contribution in [0.2, 0.25) is 0 Å². The molecule has 0 bridgehead atoms. The van der Waals surface area contributed by atoms with Crippen molar-refractivity contribution >= 4 is 16.3 Å². The molecule has 0 saturated heterocycles. The minimum Gasteiger partial charge on any atom is -0.494 e. The first kappa shape index (κ1) is 13.1. The summed E-state index contributed by atoms with van der Waals surface area (Å²) in [6.07, 6.45) is 1.93. The molecule has 104 valence electrons. The van der Waals surface area contributed by atoms with Crippen molar-refractivity contribution in [2.24, 2.45) is 0 Å². The Labute approximate surface area is 120 Å². The van der Waals surface area contributed by atoms with E-state index in [2.05, 4.69) is 10.1 Å². The van der Waals surface area contributed by atoms with E-state index in [0.29, 0.717) is 13.2 Å². The van der Waals surface area contributed by atoms with Gasteiger partial charge in [0.1, 0.15) is 10.8 Å². The van der Waals surface area contributed by atoms with E-state index >= 15 is 0 Å². The summed E-state index contributed by atoms with van der Waals surface area (Å²) < 4.78 is 12.3. The van der Waals surface area contributed by atoms with Gasteiger partial charge in [-0.1, -0.05) is 11.3 Å². The largest absolute Gasteiger partial charge is 0.494 e. The van der Waals surface area contributed by atoms with Crippen molar-refractivity contribution < 1.29 is 9.47 Å². The third-order valence-electron chi connectivity index (χ3n) is 2.81. The molecule has 0 atom stereocenters. The second-order valence-electron chi connectivity index (χ2n) is 4.24. The van der Waals surface area contributed by atoms with Gasteiger partial charge in [-0.2, -0.15) is 5.10 Å². The topological polar surface area (TPSA) is 48.7 Å². The number of rotatable bonds is 5. The highest BCUT2D eigenvalue weighted by atomic mass is 32.1. The Hall–Kier alpha value is -1.92. The van der Waals surface area contributed by atoms with Crippen LogP contribution in [0.25, 0.3) is 16.2 Å². The van der Waals surface area contributed by atoms with Crippen molar-refractivity contribution in [2.45, 2.75) is 13.5 Å². The molecule has 0 N–H and O–H groups in total. The number of fused-ring (bicyclic) bond motifs is 1.